The summed E-state index contributed by atoms with van der Waals surface area (Å²) in [4.78, 5) is 5.21. The van der Waals surface area contributed by atoms with Crippen LogP contribution in [0.2, 0.25) is 0 Å². The minimum atomic E-state index is -4.66. The number of fused-ring (bicyclic) bond motifs is 10. The quantitative estimate of drug-likeness (QED) is 0.0357. The van der Waals surface area contributed by atoms with Crippen LogP contribution in [-0.4, -0.2) is 57.8 Å². The van der Waals surface area contributed by atoms with Gasteiger partial charge in [-0.05, 0) is 158 Å². The van der Waals surface area contributed by atoms with Crippen LogP contribution in [0.1, 0.15) is 134 Å². The summed E-state index contributed by atoms with van der Waals surface area (Å²) in [5.74, 6) is 5.24. The number of hydrogen-bond acceptors (Lipinski definition) is 8. The molecule has 0 spiro atoms. The fourth-order valence-corrected chi connectivity index (χ4v) is 16.0. The number of hydrogen-bond donors (Lipinski definition) is 6. The standard InChI is InChI=1S/C58H67N3O8S/c1-34-12-13-39-29-45-20-22-47(39)49(34)32-53(70(65,66)67)50-31-41-27-40(30-46-25-36(33-62)9-5-10-38-28-44(63)19-21-48(38)55(41)68-46)54(50)37-14-16-43(17-15-37)58(69-45,61-56(59)60)51-23-18-42-11-6-24-57(42,64)52(51)26-35-7-3-2-4-8-35/h2-4,7-8,14-17,19-22,28-29,31,34,36,40,42,46,49-55,62-64H,6,9,11-13,18,23-27,30,32-33H2,1H3,(H4,59,60,61)(H,65,66,67)/t34-,36-,40+,42-,46+,49-,50+,51-,52-,53+,54-,55+,57+,58+/m0/s1. The van der Waals surface area contributed by atoms with E-state index < -0.39 is 38.7 Å². The van der Waals surface area contributed by atoms with E-state index in [0.717, 1.165) is 77.5 Å². The molecule has 11 nitrogen and oxygen atoms in total. The number of phenolic OH excluding ortho intramolecular Hbond substituents is 1. The lowest BCUT2D eigenvalue weighted by Gasteiger charge is -2.52. The van der Waals surface area contributed by atoms with Crippen molar-refractivity contribution in [3.05, 3.63) is 142 Å². The molecular weight excluding hydrogens is 899 g/mol. The molecule has 1 saturated heterocycles. The minimum Gasteiger partial charge on any atom is -0.508 e. The number of benzene rings is 4. The first-order valence-corrected chi connectivity index (χ1v) is 27.3. The van der Waals surface area contributed by atoms with Crippen LogP contribution in [-0.2, 0) is 33.4 Å². The predicted molar refractivity (Wildman–Crippen MR) is 269 cm³/mol. The first-order chi connectivity index (χ1) is 33.7. The first-order valence-electron chi connectivity index (χ1n) is 25.7. The van der Waals surface area contributed by atoms with Gasteiger partial charge < -0.3 is 36.3 Å². The Morgan fingerprint density at radius 3 is 2.50 bits per heavy atom. The van der Waals surface area contributed by atoms with Crippen molar-refractivity contribution < 1.29 is 37.8 Å². The van der Waals surface area contributed by atoms with Crippen molar-refractivity contribution in [2.45, 2.75) is 131 Å². The van der Waals surface area contributed by atoms with E-state index in [9.17, 15) is 28.3 Å². The summed E-state index contributed by atoms with van der Waals surface area (Å²) < 4.78 is 55.0. The zero-order valence-electron chi connectivity index (χ0n) is 40.0. The highest BCUT2D eigenvalue weighted by atomic mass is 32.2. The lowest BCUT2D eigenvalue weighted by molar-refractivity contribution is -0.148. The molecule has 0 amide bonds. The van der Waals surface area contributed by atoms with Gasteiger partial charge in [0.05, 0.1) is 17.0 Å². The zero-order valence-corrected chi connectivity index (χ0v) is 40.8. The number of nitrogens with zero attached hydrogens (tertiary/aromatic N) is 1. The predicted octanol–water partition coefficient (Wildman–Crippen LogP) is 8.95. The molecule has 10 bridgehead atoms. The molecule has 4 aromatic rings. The number of ether oxygens (including phenoxy) is 2. The van der Waals surface area contributed by atoms with Crippen molar-refractivity contribution in [1.82, 2.24) is 0 Å². The topological polar surface area (TPSA) is 198 Å². The number of rotatable bonds is 6. The molecule has 8 N–H and O–H groups in total. The van der Waals surface area contributed by atoms with Gasteiger partial charge in [-0.25, -0.2) is 4.99 Å². The molecule has 0 radical (unpaired) electrons. The van der Waals surface area contributed by atoms with Crippen molar-refractivity contribution in [3.8, 4) is 23.3 Å². The summed E-state index contributed by atoms with van der Waals surface area (Å²) in [6, 6.07) is 29.9. The summed E-state index contributed by atoms with van der Waals surface area (Å²) in [7, 11) is -4.66. The Morgan fingerprint density at radius 2 is 1.73 bits per heavy atom. The van der Waals surface area contributed by atoms with Gasteiger partial charge in [0.25, 0.3) is 10.1 Å². The van der Waals surface area contributed by atoms with Crippen molar-refractivity contribution in [1.29, 1.82) is 0 Å². The van der Waals surface area contributed by atoms with Gasteiger partial charge in [-0.1, -0.05) is 98.0 Å². The van der Waals surface area contributed by atoms with Crippen LogP contribution >= 0.6 is 0 Å². The van der Waals surface area contributed by atoms with E-state index in [-0.39, 0.29) is 78.2 Å². The molecule has 368 valence electrons. The number of nitrogens with two attached hydrogens (primary N) is 2. The third-order valence-corrected chi connectivity index (χ3v) is 19.4. The molecular formula is C58H67N3O8S. The maximum Gasteiger partial charge on any atom is 0.268 e. The molecule has 12 heteroatoms. The normalized spacial score (nSPS) is 35.4. The molecule has 5 heterocycles. The average Bonchev–Trinajstić information content (AvgIpc) is 3.67. The molecule has 9 aliphatic rings. The number of aliphatic hydroxyl groups excluding tert-OH is 1. The number of aromatic hydroxyl groups is 1. The third kappa shape index (κ3) is 8.53. The van der Waals surface area contributed by atoms with Crippen LogP contribution in [0.15, 0.2) is 108 Å². The molecule has 70 heavy (non-hydrogen) atoms. The van der Waals surface area contributed by atoms with Gasteiger partial charge in [0.15, 0.2) is 5.96 Å². The number of guanidine groups is 1. The number of phenols is 1. The summed E-state index contributed by atoms with van der Waals surface area (Å²) in [5.41, 5.74) is 17.9. The Morgan fingerprint density at radius 1 is 0.929 bits per heavy atom. The molecule has 2 saturated carbocycles. The number of aliphatic hydroxyl groups is 2. The van der Waals surface area contributed by atoms with Crippen molar-refractivity contribution in [2.75, 3.05) is 6.61 Å². The summed E-state index contributed by atoms with van der Waals surface area (Å²) in [6.07, 6.45) is 9.92. The van der Waals surface area contributed by atoms with Gasteiger partial charge in [-0.2, -0.15) is 8.42 Å². The second-order valence-corrected chi connectivity index (χ2v) is 23.7. The third-order valence-electron chi connectivity index (χ3n) is 18.1. The summed E-state index contributed by atoms with van der Waals surface area (Å²) >= 11 is 0. The van der Waals surface area contributed by atoms with E-state index in [1.807, 2.05) is 42.5 Å². The summed E-state index contributed by atoms with van der Waals surface area (Å²) in [5, 5.41) is 33.1. The molecule has 0 aromatic heterocycles. The van der Waals surface area contributed by atoms with Crippen LogP contribution < -0.4 is 16.2 Å². The Bertz CT molecular complexity index is 2860. The van der Waals surface area contributed by atoms with E-state index in [2.05, 4.69) is 61.2 Å². The fourth-order valence-electron chi connectivity index (χ4n) is 14.9. The second-order valence-electron chi connectivity index (χ2n) is 22.0. The Balaban J connectivity index is 1.13. The zero-order chi connectivity index (χ0) is 48.5. The fraction of sp³-hybridized carbons (Fsp3) is 0.500. The first kappa shape index (κ1) is 47.2. The van der Waals surface area contributed by atoms with Crippen molar-refractivity contribution in [2.24, 2.45) is 57.9 Å². The average molecular weight is 966 g/mol. The maximum absolute atomic E-state index is 14.3. The monoisotopic (exact) mass is 965 g/mol. The number of aryl methyl sites for hydroxylation is 1. The molecule has 13 rings (SSSR count). The maximum atomic E-state index is 14.3. The van der Waals surface area contributed by atoms with Crippen molar-refractivity contribution >= 4 is 16.1 Å². The van der Waals surface area contributed by atoms with Crippen molar-refractivity contribution in [3.63, 3.8) is 0 Å². The van der Waals surface area contributed by atoms with Gasteiger partial charge in [0.2, 0.25) is 5.72 Å². The van der Waals surface area contributed by atoms with E-state index in [1.165, 1.54) is 0 Å². The minimum absolute atomic E-state index is 0.0644. The highest BCUT2D eigenvalue weighted by Crippen LogP contribution is 2.59. The van der Waals surface area contributed by atoms with Gasteiger partial charge >= 0.3 is 0 Å². The molecule has 3 fully saturated rings. The smallest absolute Gasteiger partial charge is 0.268 e. The van der Waals surface area contributed by atoms with Gasteiger partial charge in [0, 0.05) is 47.5 Å². The summed E-state index contributed by atoms with van der Waals surface area (Å²) in [6.45, 7) is 2.12. The van der Waals surface area contributed by atoms with Crippen LogP contribution in [0.25, 0.3) is 0 Å². The van der Waals surface area contributed by atoms with Crippen LogP contribution in [0.4, 0.5) is 0 Å². The lowest BCUT2D eigenvalue weighted by Crippen LogP contribution is -2.57. The molecule has 0 unspecified atom stereocenters. The Hall–Kier alpha value is -5.16. The van der Waals surface area contributed by atoms with E-state index in [1.54, 1.807) is 12.1 Å². The lowest BCUT2D eigenvalue weighted by atomic mass is 9.59. The highest BCUT2D eigenvalue weighted by molar-refractivity contribution is 7.86. The number of allylic oxidation sites excluding steroid dienone is 1. The SMILES string of the molecule is C[C@H]1CCc2cc3ccc2[C@H]1C[C@@H](S(=O)(=O)O)[C@H]1C=C2C[C@H](C[C@H]4C[C@@H](CO)CC#Cc5cc(O)ccc5[C@@H]2O4)[C@@H]1c1ccc(cc1)[C@](N=C(N)N)([C@H]1CC[C@@H]2CCC[C@]2(O)[C@H]1Cc1ccccc1)O3. The van der Waals surface area contributed by atoms with E-state index in [4.69, 9.17) is 25.9 Å². The van der Waals surface area contributed by atoms with Crippen LogP contribution in [0.3, 0.4) is 0 Å². The molecule has 4 aromatic carbocycles. The molecule has 14 atom stereocenters. The Labute approximate surface area is 412 Å². The van der Waals surface area contributed by atoms with Gasteiger partial charge in [0.1, 0.15) is 17.6 Å². The van der Waals surface area contributed by atoms with Gasteiger partial charge in [-0.3, -0.25) is 4.55 Å². The molecule has 4 aliphatic carbocycles. The Kier molecular flexibility index (Phi) is 12.4. The van der Waals surface area contributed by atoms with Crippen LogP contribution in [0.5, 0.6) is 11.5 Å². The number of aliphatic imine (C=N–C) groups is 1. The van der Waals surface area contributed by atoms with E-state index >= 15 is 0 Å². The largest absolute Gasteiger partial charge is 0.508 e. The molecule has 5 aliphatic heterocycles. The van der Waals surface area contributed by atoms with Gasteiger partial charge in [-0.15, -0.1) is 0 Å². The second kappa shape index (κ2) is 18.5. The van der Waals surface area contributed by atoms with Crippen LogP contribution in [0, 0.1) is 53.3 Å². The van der Waals surface area contributed by atoms with E-state index in [0.29, 0.717) is 49.8 Å². The highest BCUT2D eigenvalue weighted by Gasteiger charge is 2.60.